The first-order valence-electron chi connectivity index (χ1n) is 17.1. The van der Waals surface area contributed by atoms with E-state index in [4.69, 9.17) is 18.8 Å². The van der Waals surface area contributed by atoms with Crippen molar-refractivity contribution in [1.82, 2.24) is 0 Å². The molecule has 5 rings (SSSR count). The predicted octanol–water partition coefficient (Wildman–Crippen LogP) is 5.36. The molecule has 0 aromatic heterocycles. The SMILES string of the molecule is COC1(c2ccccc2C(C)(C)C)c2cc(C(O)COBO)ccc2-c2ccc(C(O)COBO)cc2C1(OC)c1ccccc1C(C)(C)C. The van der Waals surface area contributed by atoms with Gasteiger partial charge in [0.25, 0.3) is 0 Å². The van der Waals surface area contributed by atoms with Gasteiger partial charge in [0, 0.05) is 25.3 Å². The fourth-order valence-electron chi connectivity index (χ4n) is 7.78. The summed E-state index contributed by atoms with van der Waals surface area (Å²) >= 11 is 0. The summed E-state index contributed by atoms with van der Waals surface area (Å²) in [5, 5.41) is 41.3. The Hall–Kier alpha value is -3.31. The van der Waals surface area contributed by atoms with E-state index in [1.165, 1.54) is 0 Å². The van der Waals surface area contributed by atoms with Gasteiger partial charge in [0.2, 0.25) is 0 Å². The van der Waals surface area contributed by atoms with E-state index in [-0.39, 0.29) is 24.0 Å². The minimum absolute atomic E-state index is 0.0934. The van der Waals surface area contributed by atoms with Crippen LogP contribution >= 0.6 is 0 Å². The summed E-state index contributed by atoms with van der Waals surface area (Å²) in [7, 11) is 2.38. The minimum atomic E-state index is -1.37. The van der Waals surface area contributed by atoms with Crippen LogP contribution < -0.4 is 0 Å². The van der Waals surface area contributed by atoms with E-state index in [1.54, 1.807) is 14.2 Å². The molecular weight excluding hydrogens is 630 g/mol. The lowest BCUT2D eigenvalue weighted by molar-refractivity contribution is -0.156. The molecule has 0 spiro atoms. The zero-order chi connectivity index (χ0) is 36.5. The van der Waals surface area contributed by atoms with Crippen LogP contribution in [0.15, 0.2) is 84.9 Å². The van der Waals surface area contributed by atoms with Gasteiger partial charge < -0.3 is 39.0 Å². The van der Waals surface area contributed by atoms with Gasteiger partial charge in [-0.2, -0.15) is 0 Å². The Bertz CT molecular complexity index is 1670. The van der Waals surface area contributed by atoms with Crippen LogP contribution in [0.2, 0.25) is 0 Å². The Balaban J connectivity index is 2.05. The summed E-state index contributed by atoms with van der Waals surface area (Å²) in [5.74, 6) is 0. The number of fused-ring (bicyclic) bond motifs is 3. The molecule has 0 bridgehead atoms. The fraction of sp³-hybridized carbons (Fsp3) is 0.400. The highest BCUT2D eigenvalue weighted by atomic mass is 16.6. The Morgan fingerprint density at radius 2 is 0.920 bits per heavy atom. The summed E-state index contributed by atoms with van der Waals surface area (Å²) < 4.78 is 24.6. The van der Waals surface area contributed by atoms with E-state index in [2.05, 4.69) is 65.8 Å². The van der Waals surface area contributed by atoms with Crippen LogP contribution in [0.1, 0.15) is 98.3 Å². The van der Waals surface area contributed by atoms with Crippen LogP contribution in [0.3, 0.4) is 0 Å². The molecular formula is C40H50B2O8. The van der Waals surface area contributed by atoms with Gasteiger partial charge in [0.15, 0.2) is 11.2 Å². The normalized spacial score (nSPS) is 20.1. The average molecular weight is 680 g/mol. The number of ether oxygens (including phenoxy) is 2. The molecule has 10 heteroatoms. The van der Waals surface area contributed by atoms with Crippen molar-refractivity contribution in [3.8, 4) is 11.1 Å². The largest absolute Gasteiger partial charge is 0.435 e. The second kappa shape index (κ2) is 14.7. The monoisotopic (exact) mass is 680 g/mol. The van der Waals surface area contributed by atoms with Crippen LogP contribution in [0.25, 0.3) is 11.1 Å². The lowest BCUT2D eigenvalue weighted by atomic mass is 9.56. The highest BCUT2D eigenvalue weighted by molar-refractivity contribution is 6.16. The zero-order valence-electron chi connectivity index (χ0n) is 30.5. The van der Waals surface area contributed by atoms with Crippen molar-refractivity contribution in [3.63, 3.8) is 0 Å². The number of aliphatic hydroxyl groups excluding tert-OH is 2. The molecule has 8 nitrogen and oxygen atoms in total. The van der Waals surface area contributed by atoms with Crippen molar-refractivity contribution in [2.75, 3.05) is 27.4 Å². The number of methoxy groups -OCH3 is 2. The van der Waals surface area contributed by atoms with E-state index >= 15 is 0 Å². The molecule has 0 heterocycles. The third-order valence-electron chi connectivity index (χ3n) is 9.98. The molecule has 0 saturated carbocycles. The van der Waals surface area contributed by atoms with Gasteiger partial charge in [-0.3, -0.25) is 0 Å². The summed E-state index contributed by atoms with van der Waals surface area (Å²) in [6.45, 7) is 12.9. The summed E-state index contributed by atoms with van der Waals surface area (Å²) in [6.07, 6.45) is -2.05. The summed E-state index contributed by atoms with van der Waals surface area (Å²) in [6, 6.07) is 28.2. The third kappa shape index (κ3) is 6.37. The van der Waals surface area contributed by atoms with Gasteiger partial charge in [-0.1, -0.05) is 114 Å². The Kier molecular flexibility index (Phi) is 11.2. The third-order valence-corrected chi connectivity index (χ3v) is 9.98. The molecule has 1 aliphatic carbocycles. The Morgan fingerprint density at radius 3 is 1.24 bits per heavy atom. The summed E-state index contributed by atoms with van der Waals surface area (Å²) in [4.78, 5) is 0. The maximum atomic E-state index is 11.3. The molecule has 0 aliphatic heterocycles. The molecule has 4 atom stereocenters. The summed E-state index contributed by atoms with van der Waals surface area (Å²) in [5.41, 5.74) is 5.00. The number of benzene rings is 4. The van der Waals surface area contributed by atoms with Crippen molar-refractivity contribution < 1.29 is 39.0 Å². The lowest BCUT2D eigenvalue weighted by Gasteiger charge is -2.55. The predicted molar refractivity (Wildman–Crippen MR) is 198 cm³/mol. The second-order valence-electron chi connectivity index (χ2n) is 15.0. The molecule has 4 aromatic rings. The molecule has 50 heavy (non-hydrogen) atoms. The van der Waals surface area contributed by atoms with Crippen molar-refractivity contribution in [3.05, 3.63) is 129 Å². The van der Waals surface area contributed by atoms with Gasteiger partial charge in [-0.25, -0.2) is 0 Å². The number of rotatable bonds is 12. The van der Waals surface area contributed by atoms with Crippen LogP contribution in [-0.4, -0.2) is 63.1 Å². The van der Waals surface area contributed by atoms with Gasteiger partial charge >= 0.3 is 15.4 Å². The molecule has 0 saturated heterocycles. The van der Waals surface area contributed by atoms with Crippen LogP contribution in [-0.2, 0) is 40.8 Å². The highest BCUT2D eigenvalue weighted by Crippen LogP contribution is 2.63. The Labute approximate surface area is 297 Å². The molecule has 0 amide bonds. The zero-order valence-corrected chi connectivity index (χ0v) is 30.5. The van der Waals surface area contributed by atoms with E-state index < -0.39 is 38.8 Å². The average Bonchev–Trinajstić information content (AvgIpc) is 3.11. The van der Waals surface area contributed by atoms with Gasteiger partial charge in [0.1, 0.15) is 12.2 Å². The van der Waals surface area contributed by atoms with E-state index in [0.717, 1.165) is 44.5 Å². The molecule has 4 aromatic carbocycles. The molecule has 4 N–H and O–H groups in total. The van der Waals surface area contributed by atoms with Crippen LogP contribution in [0, 0.1) is 0 Å². The number of aliphatic hydroxyl groups is 2. The molecule has 0 fully saturated rings. The number of hydrogen-bond acceptors (Lipinski definition) is 8. The molecule has 0 radical (unpaired) electrons. The van der Waals surface area contributed by atoms with Crippen LogP contribution in [0.4, 0.5) is 0 Å². The topological polar surface area (TPSA) is 118 Å². The lowest BCUT2D eigenvalue weighted by Crippen LogP contribution is -2.57. The van der Waals surface area contributed by atoms with Crippen molar-refractivity contribution in [2.24, 2.45) is 0 Å². The second-order valence-corrected chi connectivity index (χ2v) is 15.0. The Morgan fingerprint density at radius 1 is 0.560 bits per heavy atom. The molecule has 264 valence electrons. The molecule has 1 aliphatic rings. The standard InChI is InChI=1S/C40H50B2O8/c1-37(2,3)29-13-9-11-15-31(29)39(47-7)33-21-25(35(43)23-49-41-45)17-19-27(33)28-20-18-26(36(44)24-50-42-46)22-34(28)40(39,48-8)32-16-12-10-14-30(32)38(4,5)6/h9-22,35-36,41-46H,23-24H2,1-8H3. The smallest absolute Gasteiger partial charge is 0.430 e. The first kappa shape index (κ1) is 37.9. The van der Waals surface area contributed by atoms with Crippen molar-refractivity contribution in [1.29, 1.82) is 0 Å². The molecule has 4 unspecified atom stereocenters. The number of hydrogen-bond donors (Lipinski definition) is 4. The van der Waals surface area contributed by atoms with E-state index in [0.29, 0.717) is 11.1 Å². The minimum Gasteiger partial charge on any atom is -0.430 e. The van der Waals surface area contributed by atoms with E-state index in [1.807, 2.05) is 60.7 Å². The quantitative estimate of drug-likeness (QED) is 0.148. The maximum absolute atomic E-state index is 11.3. The fourth-order valence-corrected chi connectivity index (χ4v) is 7.78. The van der Waals surface area contributed by atoms with Gasteiger partial charge in [-0.05, 0) is 67.5 Å². The van der Waals surface area contributed by atoms with Crippen molar-refractivity contribution in [2.45, 2.75) is 75.8 Å². The maximum Gasteiger partial charge on any atom is 0.435 e. The van der Waals surface area contributed by atoms with Crippen molar-refractivity contribution >= 4 is 15.4 Å². The highest BCUT2D eigenvalue weighted by Gasteiger charge is 2.63. The van der Waals surface area contributed by atoms with Gasteiger partial charge in [-0.15, -0.1) is 0 Å². The van der Waals surface area contributed by atoms with E-state index in [9.17, 15) is 20.3 Å². The van der Waals surface area contributed by atoms with Gasteiger partial charge in [0.05, 0.1) is 13.2 Å². The first-order chi connectivity index (χ1) is 23.7. The first-order valence-corrected chi connectivity index (χ1v) is 17.1. The van der Waals surface area contributed by atoms with Crippen LogP contribution in [0.5, 0.6) is 0 Å².